The number of rotatable bonds is 7. The van der Waals surface area contributed by atoms with Crippen LogP contribution in [0, 0.1) is 5.92 Å². The zero-order valence-electron chi connectivity index (χ0n) is 15.1. The Morgan fingerprint density at radius 2 is 1.81 bits per heavy atom. The Morgan fingerprint density at radius 3 is 2.46 bits per heavy atom. The lowest BCUT2D eigenvalue weighted by Gasteiger charge is -2.16. The zero-order valence-corrected chi connectivity index (χ0v) is 15.1. The van der Waals surface area contributed by atoms with E-state index in [0.717, 1.165) is 29.7 Å². The average molecular weight is 352 g/mol. The molecule has 0 spiro atoms. The number of carbonyl (C=O) groups excluding carboxylic acids is 2. The first kappa shape index (κ1) is 18.0. The fourth-order valence-electron chi connectivity index (χ4n) is 2.84. The molecule has 1 aliphatic carbocycles. The Kier molecular flexibility index (Phi) is 5.56. The second-order valence-electron chi connectivity index (χ2n) is 6.66. The molecule has 1 fully saturated rings. The fourth-order valence-corrected chi connectivity index (χ4v) is 2.84. The Morgan fingerprint density at radius 1 is 1.12 bits per heavy atom. The van der Waals surface area contributed by atoms with Crippen molar-refractivity contribution >= 4 is 17.5 Å². The molecule has 5 heteroatoms. The van der Waals surface area contributed by atoms with Gasteiger partial charge >= 0.3 is 0 Å². The third kappa shape index (κ3) is 4.63. The van der Waals surface area contributed by atoms with Gasteiger partial charge in [-0.1, -0.05) is 30.3 Å². The number of anilines is 1. The van der Waals surface area contributed by atoms with Gasteiger partial charge in [0.05, 0.1) is 19.6 Å². The molecule has 0 radical (unpaired) electrons. The molecular weight excluding hydrogens is 328 g/mol. The minimum Gasteiger partial charge on any atom is -0.496 e. The van der Waals surface area contributed by atoms with Crippen molar-refractivity contribution in [3.63, 3.8) is 0 Å². The van der Waals surface area contributed by atoms with Gasteiger partial charge in [-0.25, -0.2) is 0 Å². The summed E-state index contributed by atoms with van der Waals surface area (Å²) >= 11 is 0. The largest absolute Gasteiger partial charge is 0.496 e. The van der Waals surface area contributed by atoms with Gasteiger partial charge in [-0.3, -0.25) is 9.59 Å². The summed E-state index contributed by atoms with van der Waals surface area (Å²) in [4.78, 5) is 24.1. The standard InChI is InChI=1S/C21H24N2O3/c1-14(22-20(24)13-17-5-3-4-6-19(17)26-2)15-9-11-18(12-10-15)23-21(25)16-7-8-16/h3-6,9-12,14,16H,7-8,13H2,1-2H3,(H,22,24)(H,23,25). The summed E-state index contributed by atoms with van der Waals surface area (Å²) in [6.45, 7) is 1.94. The zero-order chi connectivity index (χ0) is 18.5. The van der Waals surface area contributed by atoms with E-state index in [1.54, 1.807) is 7.11 Å². The quantitative estimate of drug-likeness (QED) is 0.802. The first-order valence-electron chi connectivity index (χ1n) is 8.89. The molecule has 1 aliphatic rings. The number of nitrogens with one attached hydrogen (secondary N) is 2. The molecule has 1 unspecified atom stereocenters. The van der Waals surface area contributed by atoms with Gasteiger partial charge in [-0.05, 0) is 43.5 Å². The molecule has 1 atom stereocenters. The third-order valence-corrected chi connectivity index (χ3v) is 4.55. The minimum absolute atomic E-state index is 0.0619. The number of para-hydroxylation sites is 1. The molecule has 0 aliphatic heterocycles. The van der Waals surface area contributed by atoms with E-state index in [9.17, 15) is 9.59 Å². The van der Waals surface area contributed by atoms with Crippen LogP contribution in [0.3, 0.4) is 0 Å². The number of ether oxygens (including phenoxy) is 1. The molecule has 0 bridgehead atoms. The molecule has 0 heterocycles. The Hall–Kier alpha value is -2.82. The van der Waals surface area contributed by atoms with E-state index < -0.39 is 0 Å². The van der Waals surface area contributed by atoms with Crippen molar-refractivity contribution in [3.05, 3.63) is 59.7 Å². The van der Waals surface area contributed by atoms with Gasteiger partial charge in [0.1, 0.15) is 5.75 Å². The molecule has 5 nitrogen and oxygen atoms in total. The second-order valence-corrected chi connectivity index (χ2v) is 6.66. The van der Waals surface area contributed by atoms with Crippen LogP contribution in [0.25, 0.3) is 0 Å². The Bertz CT molecular complexity index is 782. The number of hydrogen-bond donors (Lipinski definition) is 2. The van der Waals surface area contributed by atoms with E-state index in [1.807, 2.05) is 55.5 Å². The summed E-state index contributed by atoms with van der Waals surface area (Å²) in [5.41, 5.74) is 2.64. The van der Waals surface area contributed by atoms with E-state index >= 15 is 0 Å². The van der Waals surface area contributed by atoms with Crippen LogP contribution in [0.1, 0.15) is 36.9 Å². The summed E-state index contributed by atoms with van der Waals surface area (Å²) in [7, 11) is 1.60. The van der Waals surface area contributed by atoms with Crippen LogP contribution >= 0.6 is 0 Å². The number of hydrogen-bond acceptors (Lipinski definition) is 3. The lowest BCUT2D eigenvalue weighted by Crippen LogP contribution is -2.28. The smallest absolute Gasteiger partial charge is 0.227 e. The normalized spacial score (nSPS) is 14.4. The molecular formula is C21H24N2O3. The molecule has 136 valence electrons. The molecule has 2 aromatic carbocycles. The Labute approximate surface area is 153 Å². The fraction of sp³-hybridized carbons (Fsp3) is 0.333. The topological polar surface area (TPSA) is 67.4 Å². The van der Waals surface area contributed by atoms with Crippen LogP contribution in [-0.2, 0) is 16.0 Å². The van der Waals surface area contributed by atoms with Crippen LogP contribution in [-0.4, -0.2) is 18.9 Å². The molecule has 0 aromatic heterocycles. The lowest BCUT2D eigenvalue weighted by atomic mass is 10.1. The highest BCUT2D eigenvalue weighted by atomic mass is 16.5. The van der Waals surface area contributed by atoms with Gasteiger partial charge in [0.15, 0.2) is 0 Å². The van der Waals surface area contributed by atoms with E-state index in [0.29, 0.717) is 5.75 Å². The predicted molar refractivity (Wildman–Crippen MR) is 101 cm³/mol. The molecule has 26 heavy (non-hydrogen) atoms. The van der Waals surface area contributed by atoms with E-state index in [2.05, 4.69) is 10.6 Å². The van der Waals surface area contributed by atoms with Gasteiger partial charge < -0.3 is 15.4 Å². The van der Waals surface area contributed by atoms with Crippen LogP contribution in [0.4, 0.5) is 5.69 Å². The highest BCUT2D eigenvalue weighted by molar-refractivity contribution is 5.94. The van der Waals surface area contributed by atoms with Crippen molar-refractivity contribution < 1.29 is 14.3 Å². The van der Waals surface area contributed by atoms with Crippen LogP contribution in [0.15, 0.2) is 48.5 Å². The van der Waals surface area contributed by atoms with Gasteiger partial charge in [0.2, 0.25) is 11.8 Å². The number of carbonyl (C=O) groups is 2. The molecule has 2 amide bonds. The maximum absolute atomic E-state index is 12.3. The van der Waals surface area contributed by atoms with Crippen molar-refractivity contribution in [3.8, 4) is 5.75 Å². The van der Waals surface area contributed by atoms with Gasteiger partial charge in [-0.15, -0.1) is 0 Å². The van der Waals surface area contributed by atoms with Crippen LogP contribution < -0.4 is 15.4 Å². The summed E-state index contributed by atoms with van der Waals surface area (Å²) in [6, 6.07) is 15.0. The highest BCUT2D eigenvalue weighted by Crippen LogP contribution is 2.30. The lowest BCUT2D eigenvalue weighted by molar-refractivity contribution is -0.121. The van der Waals surface area contributed by atoms with Crippen LogP contribution in [0.5, 0.6) is 5.75 Å². The monoisotopic (exact) mass is 352 g/mol. The molecule has 0 saturated heterocycles. The van der Waals surface area contributed by atoms with Gasteiger partial charge in [0, 0.05) is 17.2 Å². The SMILES string of the molecule is COc1ccccc1CC(=O)NC(C)c1ccc(NC(=O)C2CC2)cc1. The van der Waals surface area contributed by atoms with Gasteiger partial charge in [-0.2, -0.15) is 0 Å². The highest BCUT2D eigenvalue weighted by Gasteiger charge is 2.29. The molecule has 2 N–H and O–H groups in total. The van der Waals surface area contributed by atoms with Crippen molar-refractivity contribution in [1.82, 2.24) is 5.32 Å². The van der Waals surface area contributed by atoms with Crippen molar-refractivity contribution in [2.24, 2.45) is 5.92 Å². The first-order valence-corrected chi connectivity index (χ1v) is 8.89. The summed E-state index contributed by atoms with van der Waals surface area (Å²) in [6.07, 6.45) is 2.24. The third-order valence-electron chi connectivity index (χ3n) is 4.55. The Balaban J connectivity index is 1.55. The summed E-state index contributed by atoms with van der Waals surface area (Å²) < 4.78 is 5.29. The molecule has 2 aromatic rings. The number of benzene rings is 2. The van der Waals surface area contributed by atoms with E-state index in [4.69, 9.17) is 4.74 Å². The molecule has 1 saturated carbocycles. The maximum atomic E-state index is 12.3. The van der Waals surface area contributed by atoms with Crippen molar-refractivity contribution in [1.29, 1.82) is 0 Å². The van der Waals surface area contributed by atoms with Crippen LogP contribution in [0.2, 0.25) is 0 Å². The summed E-state index contributed by atoms with van der Waals surface area (Å²) in [5, 5.41) is 5.92. The number of amides is 2. The van der Waals surface area contributed by atoms with E-state index in [1.165, 1.54) is 0 Å². The number of methoxy groups -OCH3 is 1. The van der Waals surface area contributed by atoms with Gasteiger partial charge in [0.25, 0.3) is 0 Å². The summed E-state index contributed by atoms with van der Waals surface area (Å²) in [5.74, 6) is 0.929. The second kappa shape index (κ2) is 8.04. The average Bonchev–Trinajstić information content (AvgIpc) is 3.48. The molecule has 3 rings (SSSR count). The van der Waals surface area contributed by atoms with Crippen molar-refractivity contribution in [2.45, 2.75) is 32.2 Å². The maximum Gasteiger partial charge on any atom is 0.227 e. The van der Waals surface area contributed by atoms with E-state index in [-0.39, 0.29) is 30.2 Å². The predicted octanol–water partition coefficient (Wildman–Crippen LogP) is 3.46. The van der Waals surface area contributed by atoms with Crippen molar-refractivity contribution in [2.75, 3.05) is 12.4 Å². The first-order chi connectivity index (χ1) is 12.6. The minimum atomic E-state index is -0.120.